The lowest BCUT2D eigenvalue weighted by Crippen LogP contribution is -2.29. The van der Waals surface area contributed by atoms with E-state index in [9.17, 15) is 19.1 Å². The van der Waals surface area contributed by atoms with Crippen LogP contribution in [0.2, 0.25) is 0 Å². The number of carbonyl (C=O) groups is 2. The second-order valence-electron chi connectivity index (χ2n) is 4.84. The number of halogens is 1. The van der Waals surface area contributed by atoms with Crippen LogP contribution in [0.3, 0.4) is 0 Å². The number of aliphatic carboxylic acids is 2. The Balaban J connectivity index is 2.56. The lowest BCUT2D eigenvalue weighted by atomic mass is 9.76. The summed E-state index contributed by atoms with van der Waals surface area (Å²) in [6.07, 6.45) is 3.93. The summed E-state index contributed by atoms with van der Waals surface area (Å²) in [5.74, 6) is -3.02. The van der Waals surface area contributed by atoms with Gasteiger partial charge in [0.05, 0.1) is 5.41 Å². The Morgan fingerprint density at radius 1 is 1.40 bits per heavy atom. The Morgan fingerprint density at radius 3 is 2.65 bits per heavy atom. The summed E-state index contributed by atoms with van der Waals surface area (Å²) >= 11 is 0. The van der Waals surface area contributed by atoms with Crippen molar-refractivity contribution in [2.45, 2.75) is 13.3 Å². The monoisotopic (exact) mass is 277 g/mol. The van der Waals surface area contributed by atoms with Crippen LogP contribution < -0.4 is 0 Å². The molecule has 1 unspecified atom stereocenters. The Bertz CT molecular complexity index is 650. The molecule has 0 saturated carbocycles. The minimum atomic E-state index is -1.34. The van der Waals surface area contributed by atoms with E-state index in [2.05, 4.69) is 4.98 Å². The van der Waals surface area contributed by atoms with Gasteiger partial charge in [-0.25, -0.2) is 9.78 Å². The summed E-state index contributed by atoms with van der Waals surface area (Å²) in [7, 11) is 0. The molecule has 20 heavy (non-hydrogen) atoms. The normalized spacial score (nSPS) is 21.9. The summed E-state index contributed by atoms with van der Waals surface area (Å²) in [5, 5.41) is 18.4. The number of rotatable bonds is 3. The molecule has 0 fully saturated rings. The first kappa shape index (κ1) is 13.9. The molecule has 5 nitrogen and oxygen atoms in total. The highest BCUT2D eigenvalue weighted by molar-refractivity contribution is 5.96. The van der Waals surface area contributed by atoms with E-state index in [0.717, 1.165) is 6.07 Å². The fraction of sp³-hybridized carbons (Fsp3) is 0.214. The van der Waals surface area contributed by atoms with Crippen LogP contribution in [-0.2, 0) is 9.59 Å². The molecule has 0 spiro atoms. The Labute approximate surface area is 114 Å². The first-order valence-corrected chi connectivity index (χ1v) is 5.84. The first-order chi connectivity index (χ1) is 9.32. The number of allylic oxidation sites excluding steroid dienone is 2. The molecule has 0 amide bonds. The highest BCUT2D eigenvalue weighted by atomic mass is 19.1. The van der Waals surface area contributed by atoms with Gasteiger partial charge in [-0.1, -0.05) is 6.08 Å². The molecule has 0 aliphatic heterocycles. The van der Waals surface area contributed by atoms with Crippen LogP contribution in [-0.4, -0.2) is 27.1 Å². The zero-order chi connectivity index (χ0) is 14.9. The molecule has 104 valence electrons. The number of nitrogens with zero attached hydrogens (tertiary/aromatic N) is 1. The molecule has 0 aromatic carbocycles. The van der Waals surface area contributed by atoms with Crippen LogP contribution in [0.1, 0.15) is 18.9 Å². The quantitative estimate of drug-likeness (QED) is 0.826. The lowest BCUT2D eigenvalue weighted by molar-refractivity contribution is -0.145. The number of carboxylic acids is 2. The summed E-state index contributed by atoms with van der Waals surface area (Å²) in [6, 6.07) is 2.63. The van der Waals surface area contributed by atoms with Gasteiger partial charge in [-0.15, -0.1) is 0 Å². The smallest absolute Gasteiger partial charge is 0.331 e. The highest BCUT2D eigenvalue weighted by Gasteiger charge is 2.36. The fourth-order valence-electron chi connectivity index (χ4n) is 2.09. The number of aromatic nitrogens is 1. The van der Waals surface area contributed by atoms with Crippen molar-refractivity contribution >= 4 is 17.5 Å². The van der Waals surface area contributed by atoms with Crippen molar-refractivity contribution in [3.8, 4) is 0 Å². The van der Waals surface area contributed by atoms with E-state index < -0.39 is 23.3 Å². The third-order valence-corrected chi connectivity index (χ3v) is 3.18. The number of pyridine rings is 1. The summed E-state index contributed by atoms with van der Waals surface area (Å²) in [4.78, 5) is 25.9. The maximum atomic E-state index is 13.1. The zero-order valence-corrected chi connectivity index (χ0v) is 10.6. The number of carboxylic acid groups (broad SMARTS) is 2. The molecule has 1 aliphatic carbocycles. The van der Waals surface area contributed by atoms with Crippen LogP contribution in [0.4, 0.5) is 4.39 Å². The number of hydrogen-bond acceptors (Lipinski definition) is 3. The van der Waals surface area contributed by atoms with Crippen molar-refractivity contribution in [2.75, 3.05) is 0 Å². The van der Waals surface area contributed by atoms with Gasteiger partial charge < -0.3 is 10.2 Å². The standard InChI is InChI=1S/C14H12FNO4/c1-14(13(19)20)6-9(4-10(7-14)12(17)18)8-2-3-16-11(15)5-8/h2-6H,7H2,1H3,(H,17,18)(H,19,20). The molecule has 1 aromatic heterocycles. The molecule has 0 radical (unpaired) electrons. The van der Waals surface area contributed by atoms with Gasteiger partial charge in [0.1, 0.15) is 0 Å². The zero-order valence-electron chi connectivity index (χ0n) is 10.6. The summed E-state index contributed by atoms with van der Waals surface area (Å²) in [5.41, 5.74) is -0.606. The Morgan fingerprint density at radius 2 is 2.10 bits per heavy atom. The van der Waals surface area contributed by atoms with Gasteiger partial charge in [0, 0.05) is 17.8 Å². The van der Waals surface area contributed by atoms with Gasteiger partial charge in [0.25, 0.3) is 0 Å². The van der Waals surface area contributed by atoms with Gasteiger partial charge in [-0.3, -0.25) is 4.79 Å². The molecular weight excluding hydrogens is 265 g/mol. The van der Waals surface area contributed by atoms with Gasteiger partial charge in [-0.05, 0) is 36.6 Å². The van der Waals surface area contributed by atoms with E-state index >= 15 is 0 Å². The van der Waals surface area contributed by atoms with Crippen molar-refractivity contribution < 1.29 is 24.2 Å². The van der Waals surface area contributed by atoms with Gasteiger partial charge in [0.15, 0.2) is 0 Å². The van der Waals surface area contributed by atoms with E-state index in [0.29, 0.717) is 11.1 Å². The van der Waals surface area contributed by atoms with Crippen molar-refractivity contribution in [1.82, 2.24) is 4.98 Å². The van der Waals surface area contributed by atoms with Crippen LogP contribution >= 0.6 is 0 Å². The minimum Gasteiger partial charge on any atom is -0.481 e. The summed E-state index contributed by atoms with van der Waals surface area (Å²) in [6.45, 7) is 1.43. The van der Waals surface area contributed by atoms with Crippen LogP contribution in [0.15, 0.2) is 36.1 Å². The van der Waals surface area contributed by atoms with Gasteiger partial charge in [-0.2, -0.15) is 4.39 Å². The lowest BCUT2D eigenvalue weighted by Gasteiger charge is -2.26. The topological polar surface area (TPSA) is 87.5 Å². The van der Waals surface area contributed by atoms with E-state index in [1.54, 1.807) is 0 Å². The van der Waals surface area contributed by atoms with Crippen molar-refractivity contribution in [3.05, 3.63) is 47.6 Å². The van der Waals surface area contributed by atoms with Crippen molar-refractivity contribution in [1.29, 1.82) is 0 Å². The van der Waals surface area contributed by atoms with Crippen LogP contribution in [0.25, 0.3) is 5.57 Å². The predicted molar refractivity (Wildman–Crippen MR) is 68.3 cm³/mol. The molecule has 1 atom stereocenters. The highest BCUT2D eigenvalue weighted by Crippen LogP contribution is 2.37. The maximum Gasteiger partial charge on any atom is 0.331 e. The fourth-order valence-corrected chi connectivity index (χ4v) is 2.09. The maximum absolute atomic E-state index is 13.1. The molecule has 1 heterocycles. The minimum absolute atomic E-state index is 0.0235. The molecular formula is C14H12FNO4. The molecule has 1 aromatic rings. The Kier molecular flexibility index (Phi) is 3.40. The second kappa shape index (κ2) is 4.88. The van der Waals surface area contributed by atoms with E-state index in [1.807, 2.05) is 0 Å². The largest absolute Gasteiger partial charge is 0.481 e. The first-order valence-electron chi connectivity index (χ1n) is 5.84. The molecule has 6 heteroatoms. The second-order valence-corrected chi connectivity index (χ2v) is 4.84. The Hall–Kier alpha value is -2.50. The van der Waals surface area contributed by atoms with Gasteiger partial charge in [0.2, 0.25) is 5.95 Å². The van der Waals surface area contributed by atoms with E-state index in [4.69, 9.17) is 5.11 Å². The molecule has 0 saturated heterocycles. The third kappa shape index (κ3) is 2.59. The SMILES string of the molecule is CC1(C(=O)O)C=C(c2ccnc(F)c2)C=C(C(=O)O)C1. The molecule has 2 rings (SSSR count). The molecule has 0 bridgehead atoms. The van der Waals surface area contributed by atoms with Crippen LogP contribution in [0, 0.1) is 11.4 Å². The average Bonchev–Trinajstić information content (AvgIpc) is 2.38. The predicted octanol–water partition coefficient (Wildman–Crippen LogP) is 2.11. The molecule has 1 aliphatic rings. The van der Waals surface area contributed by atoms with E-state index in [-0.39, 0.29) is 12.0 Å². The third-order valence-electron chi connectivity index (χ3n) is 3.18. The van der Waals surface area contributed by atoms with Crippen molar-refractivity contribution in [3.63, 3.8) is 0 Å². The average molecular weight is 277 g/mol. The van der Waals surface area contributed by atoms with E-state index in [1.165, 1.54) is 31.3 Å². The number of hydrogen-bond donors (Lipinski definition) is 2. The van der Waals surface area contributed by atoms with Gasteiger partial charge >= 0.3 is 11.9 Å². The van der Waals surface area contributed by atoms with Crippen molar-refractivity contribution in [2.24, 2.45) is 5.41 Å². The van der Waals surface area contributed by atoms with Crippen LogP contribution in [0.5, 0.6) is 0 Å². The summed E-state index contributed by atoms with van der Waals surface area (Å²) < 4.78 is 13.1. The molecule has 2 N–H and O–H groups in total.